The highest BCUT2D eigenvalue weighted by atomic mass is 32.4. The molecule has 0 saturated heterocycles. The van der Waals surface area contributed by atoms with E-state index in [2.05, 4.69) is 117 Å². The molecule has 1 atom stereocenters. The van der Waals surface area contributed by atoms with Crippen molar-refractivity contribution < 1.29 is 9.47 Å². The van der Waals surface area contributed by atoms with Crippen LogP contribution in [0.25, 0.3) is 32.7 Å². The predicted octanol–water partition coefficient (Wildman–Crippen LogP) is 8.24. The first kappa shape index (κ1) is 22.1. The Labute approximate surface area is 226 Å². The molecule has 0 amide bonds. The monoisotopic (exact) mass is 526 g/mol. The van der Waals surface area contributed by atoms with Gasteiger partial charge >= 0.3 is 0 Å². The van der Waals surface area contributed by atoms with E-state index < -0.39 is 6.04 Å². The molecule has 2 nitrogen and oxygen atoms in total. The average molecular weight is 527 g/mol. The van der Waals surface area contributed by atoms with Crippen molar-refractivity contribution >= 4 is 55.3 Å². The van der Waals surface area contributed by atoms with Crippen LogP contribution in [0, 0.1) is 13.8 Å². The first-order valence-electron chi connectivity index (χ1n) is 12.8. The number of hydrogen-bond acceptors (Lipinski definition) is 3. The third-order valence-electron chi connectivity index (χ3n) is 7.97. The maximum atomic E-state index is 6.86. The lowest BCUT2D eigenvalue weighted by Crippen LogP contribution is -2.35. The quantitative estimate of drug-likeness (QED) is 0.201. The zero-order chi connectivity index (χ0) is 25.6. The van der Waals surface area contributed by atoms with Crippen molar-refractivity contribution in [3.05, 3.63) is 114 Å². The number of rotatable bonds is 1. The second-order valence-corrected chi connectivity index (χ2v) is 14.5. The van der Waals surface area contributed by atoms with E-state index >= 15 is 0 Å². The highest BCUT2D eigenvalue weighted by Gasteiger charge is 2.44. The first-order valence-corrected chi connectivity index (χ1v) is 15.6. The van der Waals surface area contributed by atoms with Gasteiger partial charge in [0.2, 0.25) is 0 Å². The molecule has 2 aliphatic rings. The second-order valence-electron chi connectivity index (χ2n) is 10.2. The Balaban J connectivity index is 1.45. The predicted molar refractivity (Wildman–Crippen MR) is 163 cm³/mol. The van der Waals surface area contributed by atoms with E-state index in [0.717, 1.165) is 55.4 Å². The van der Waals surface area contributed by atoms with Crippen molar-refractivity contribution in [2.24, 2.45) is 0 Å². The second kappa shape index (κ2) is 7.80. The van der Waals surface area contributed by atoms with Gasteiger partial charge < -0.3 is 9.47 Å². The van der Waals surface area contributed by atoms with Gasteiger partial charge in [0, 0.05) is 10.6 Å². The molecule has 0 bridgehead atoms. The fourth-order valence-corrected chi connectivity index (χ4v) is 10.8. The summed E-state index contributed by atoms with van der Waals surface area (Å²) in [5.41, 5.74) is 4.61. The van der Waals surface area contributed by atoms with E-state index in [9.17, 15) is 0 Å². The van der Waals surface area contributed by atoms with Gasteiger partial charge in [0.25, 0.3) is 0 Å². The number of aryl methyl sites for hydroxylation is 2. The lowest BCUT2D eigenvalue weighted by Gasteiger charge is -2.38. The summed E-state index contributed by atoms with van der Waals surface area (Å²) in [5.74, 6) is 3.34. The van der Waals surface area contributed by atoms with E-state index in [1.54, 1.807) is 0 Å². The number of benzene rings is 6. The topological polar surface area (TPSA) is 18.5 Å². The van der Waals surface area contributed by atoms with Gasteiger partial charge in [-0.1, -0.05) is 78.5 Å². The van der Waals surface area contributed by atoms with Crippen LogP contribution in [-0.2, 0) is 11.8 Å². The van der Waals surface area contributed by atoms with Crippen molar-refractivity contribution in [1.29, 1.82) is 0 Å². The van der Waals surface area contributed by atoms with Crippen LogP contribution in [0.5, 0.6) is 23.0 Å². The summed E-state index contributed by atoms with van der Waals surface area (Å²) in [7, 11) is 0. The summed E-state index contributed by atoms with van der Waals surface area (Å²) in [6, 6.07) is 34.0. The van der Waals surface area contributed by atoms with Gasteiger partial charge in [-0.25, -0.2) is 0 Å². The van der Waals surface area contributed by atoms with Gasteiger partial charge in [-0.3, -0.25) is 0 Å². The van der Waals surface area contributed by atoms with E-state index in [4.69, 9.17) is 21.3 Å². The minimum Gasteiger partial charge on any atom is -0.456 e. The van der Waals surface area contributed by atoms with Crippen LogP contribution in [-0.4, -0.2) is 0 Å². The largest absolute Gasteiger partial charge is 0.456 e. The summed E-state index contributed by atoms with van der Waals surface area (Å²) >= 11 is 6.86. The smallest absolute Gasteiger partial charge is 0.140 e. The summed E-state index contributed by atoms with van der Waals surface area (Å²) in [5, 5.41) is 8.03. The third-order valence-corrected chi connectivity index (χ3v) is 12.8. The summed E-state index contributed by atoms with van der Waals surface area (Å²) in [6.45, 7) is 4.29. The van der Waals surface area contributed by atoms with Crippen LogP contribution in [0.3, 0.4) is 0 Å². The van der Waals surface area contributed by atoms with Crippen LogP contribution in [0.1, 0.15) is 11.1 Å². The molecular weight excluding hydrogens is 503 g/mol. The van der Waals surface area contributed by atoms with Crippen LogP contribution < -0.4 is 25.4 Å². The lowest BCUT2D eigenvalue weighted by molar-refractivity contribution is 0.467. The van der Waals surface area contributed by atoms with Crippen molar-refractivity contribution in [3.8, 4) is 34.1 Å². The molecule has 0 saturated carbocycles. The Morgan fingerprint density at radius 3 is 2.00 bits per heavy atom. The van der Waals surface area contributed by atoms with E-state index in [1.165, 1.54) is 27.3 Å². The Bertz CT molecular complexity index is 2040. The fraction of sp³-hybridized carbons (Fsp3) is 0.0588. The maximum absolute atomic E-state index is 6.86. The van der Waals surface area contributed by atoms with Gasteiger partial charge in [-0.15, -0.1) is 0 Å². The Morgan fingerprint density at radius 2 is 1.18 bits per heavy atom. The molecule has 1 unspecified atom stereocenters. The van der Waals surface area contributed by atoms with Gasteiger partial charge in [0.05, 0.1) is 11.3 Å². The Morgan fingerprint density at radius 1 is 0.526 bits per heavy atom. The van der Waals surface area contributed by atoms with Gasteiger partial charge in [-0.2, -0.15) is 0 Å². The molecule has 8 rings (SSSR count). The molecule has 182 valence electrons. The van der Waals surface area contributed by atoms with Crippen molar-refractivity contribution in [1.82, 2.24) is 0 Å². The van der Waals surface area contributed by atoms with Crippen molar-refractivity contribution in [2.75, 3.05) is 0 Å². The molecule has 0 aromatic heterocycles. The SMILES string of the molecule is Cc1cc2c(cc1C)P1(=S)c3c(cc(-c4ccc5ccccc5c4)cc3Oc3ccc4ccccc4c31)O2. The average Bonchev–Trinajstić information content (AvgIpc) is 2.93. The number of hydrogen-bond donors (Lipinski definition) is 0. The molecule has 6 aromatic rings. The normalized spacial score (nSPS) is 16.8. The summed E-state index contributed by atoms with van der Waals surface area (Å²) in [6.07, 6.45) is 0. The molecule has 0 fully saturated rings. The third kappa shape index (κ3) is 2.98. The first-order chi connectivity index (χ1) is 18.5. The Kier molecular flexibility index (Phi) is 4.54. The minimum absolute atomic E-state index is 0.806. The molecule has 2 aliphatic heterocycles. The van der Waals surface area contributed by atoms with Crippen LogP contribution in [0.2, 0.25) is 0 Å². The highest BCUT2D eigenvalue weighted by Crippen LogP contribution is 2.60. The van der Waals surface area contributed by atoms with E-state index in [-0.39, 0.29) is 0 Å². The molecule has 0 radical (unpaired) electrons. The van der Waals surface area contributed by atoms with E-state index in [0.29, 0.717) is 0 Å². The molecule has 6 aromatic carbocycles. The van der Waals surface area contributed by atoms with Crippen LogP contribution in [0.15, 0.2) is 103 Å². The minimum atomic E-state index is -2.47. The number of fused-ring (bicyclic) bond motifs is 7. The van der Waals surface area contributed by atoms with Crippen LogP contribution in [0.4, 0.5) is 0 Å². The molecule has 4 heteroatoms. The molecular formula is C34H23O2PS. The molecule has 2 heterocycles. The summed E-state index contributed by atoms with van der Waals surface area (Å²) < 4.78 is 13.4. The maximum Gasteiger partial charge on any atom is 0.140 e. The molecule has 0 N–H and O–H groups in total. The molecule has 0 spiro atoms. The molecule has 38 heavy (non-hydrogen) atoms. The van der Waals surface area contributed by atoms with E-state index in [1.807, 2.05) is 0 Å². The molecule has 0 aliphatic carbocycles. The summed E-state index contributed by atoms with van der Waals surface area (Å²) in [4.78, 5) is 0. The zero-order valence-electron chi connectivity index (χ0n) is 21.0. The standard InChI is InChI=1S/C34H23O2PS/c1-20-15-29-32(16-21(20)2)37(38)33-27-10-6-5-8-23(27)13-14-28(33)35-30-18-26(19-31(36-29)34(30)37)25-12-11-22-7-3-4-9-24(22)17-25/h3-19H,1-2H3. The fourth-order valence-electron chi connectivity index (χ4n) is 5.92. The Hall–Kier alpha value is -3.91. The van der Waals surface area contributed by atoms with Crippen LogP contribution >= 0.6 is 6.04 Å². The number of ether oxygens (including phenoxy) is 2. The van der Waals surface area contributed by atoms with Gasteiger partial charge in [0.15, 0.2) is 0 Å². The zero-order valence-corrected chi connectivity index (χ0v) is 22.7. The lowest BCUT2D eigenvalue weighted by atomic mass is 10.0. The highest BCUT2D eigenvalue weighted by molar-refractivity contribution is 8.26. The van der Waals surface area contributed by atoms with Gasteiger partial charge in [-0.05, 0) is 94.0 Å². The van der Waals surface area contributed by atoms with Crippen molar-refractivity contribution in [2.45, 2.75) is 13.8 Å². The van der Waals surface area contributed by atoms with Crippen molar-refractivity contribution in [3.63, 3.8) is 0 Å². The van der Waals surface area contributed by atoms with Gasteiger partial charge in [0.1, 0.15) is 23.0 Å².